The van der Waals surface area contributed by atoms with Crippen LogP contribution in [-0.4, -0.2) is 17.3 Å². The Bertz CT molecular complexity index is 353. The van der Waals surface area contributed by atoms with Gasteiger partial charge in [0.15, 0.2) is 0 Å². The van der Waals surface area contributed by atoms with Crippen LogP contribution in [0.3, 0.4) is 0 Å². The summed E-state index contributed by atoms with van der Waals surface area (Å²) in [7, 11) is 0. The summed E-state index contributed by atoms with van der Waals surface area (Å²) in [5, 5.41) is 10.5. The monoisotopic (exact) mass is 255 g/mol. The Morgan fingerprint density at radius 2 is 2.06 bits per heavy atom. The maximum absolute atomic E-state index is 10.5. The van der Waals surface area contributed by atoms with E-state index >= 15 is 0 Å². The molecule has 5 heteroatoms. The lowest BCUT2D eigenvalue weighted by molar-refractivity contribution is -0.384. The molecule has 1 rings (SSSR count). The molecule has 1 atom stereocenters. The van der Waals surface area contributed by atoms with E-state index in [-0.39, 0.29) is 5.69 Å². The first-order valence-corrected chi connectivity index (χ1v) is 6.28. The summed E-state index contributed by atoms with van der Waals surface area (Å²) in [4.78, 5) is 10.0. The van der Waals surface area contributed by atoms with Gasteiger partial charge in [0.05, 0.1) is 11.5 Å². The van der Waals surface area contributed by atoms with Gasteiger partial charge in [0.2, 0.25) is 0 Å². The molecule has 94 valence electrons. The van der Waals surface area contributed by atoms with E-state index in [4.69, 9.17) is 4.74 Å². The molecule has 0 bridgehead atoms. The van der Waals surface area contributed by atoms with Crippen molar-refractivity contribution in [2.24, 2.45) is 5.92 Å². The highest BCUT2D eigenvalue weighted by Gasteiger charge is 2.08. The third-order valence-corrected chi connectivity index (χ3v) is 3.00. The molecule has 0 aliphatic rings. The van der Waals surface area contributed by atoms with E-state index in [2.05, 4.69) is 19.6 Å². The molecule has 1 unspecified atom stereocenters. The predicted octanol–water partition coefficient (Wildman–Crippen LogP) is 3.32. The van der Waals surface area contributed by atoms with Crippen LogP contribution in [0.5, 0.6) is 5.75 Å². The smallest absolute Gasteiger partial charge is 0.269 e. The van der Waals surface area contributed by atoms with E-state index in [0.717, 1.165) is 18.6 Å². The van der Waals surface area contributed by atoms with Crippen molar-refractivity contribution in [3.63, 3.8) is 0 Å². The van der Waals surface area contributed by atoms with Gasteiger partial charge in [-0.05, 0) is 24.3 Å². The third kappa shape index (κ3) is 4.65. The van der Waals surface area contributed by atoms with Crippen molar-refractivity contribution in [3.05, 3.63) is 34.4 Å². The zero-order valence-corrected chi connectivity index (χ0v) is 10.7. The summed E-state index contributed by atoms with van der Waals surface area (Å²) in [6, 6.07) is 6.15. The van der Waals surface area contributed by atoms with Gasteiger partial charge in [-0.25, -0.2) is 0 Å². The molecule has 0 fully saturated rings. The van der Waals surface area contributed by atoms with Gasteiger partial charge in [0, 0.05) is 18.1 Å². The van der Waals surface area contributed by atoms with Gasteiger partial charge >= 0.3 is 0 Å². The number of nitro benzene ring substituents is 1. The number of hydrogen-bond acceptors (Lipinski definition) is 4. The standard InChI is InChI=1S/C12H17NO3S/c1-2-3-10(9-17)8-16-12-6-4-11(5-7-12)13(14)15/h4-7,10,17H,2-3,8-9H2,1H3. The average molecular weight is 255 g/mol. The third-order valence-electron chi connectivity index (χ3n) is 2.49. The second kappa shape index (κ2) is 7.17. The number of ether oxygens (including phenoxy) is 1. The number of hydrogen-bond donors (Lipinski definition) is 1. The summed E-state index contributed by atoms with van der Waals surface area (Å²) in [6.45, 7) is 2.73. The molecule has 0 spiro atoms. The first kappa shape index (κ1) is 13.8. The maximum Gasteiger partial charge on any atom is 0.269 e. The van der Waals surface area contributed by atoms with Gasteiger partial charge < -0.3 is 4.74 Å². The van der Waals surface area contributed by atoms with Crippen LogP contribution in [0.25, 0.3) is 0 Å². The number of nitrogens with zero attached hydrogens (tertiary/aromatic N) is 1. The Morgan fingerprint density at radius 3 is 2.53 bits per heavy atom. The molecule has 0 saturated carbocycles. The molecule has 0 aliphatic heterocycles. The lowest BCUT2D eigenvalue weighted by Gasteiger charge is -2.14. The Hall–Kier alpha value is -1.23. The van der Waals surface area contributed by atoms with Crippen molar-refractivity contribution in [3.8, 4) is 5.75 Å². The fraction of sp³-hybridized carbons (Fsp3) is 0.500. The molecule has 0 aliphatic carbocycles. The van der Waals surface area contributed by atoms with Gasteiger partial charge in [-0.2, -0.15) is 12.6 Å². The first-order valence-electron chi connectivity index (χ1n) is 5.65. The number of nitro groups is 1. The van der Waals surface area contributed by atoms with E-state index in [1.165, 1.54) is 12.1 Å². The van der Waals surface area contributed by atoms with Crippen molar-refractivity contribution in [2.75, 3.05) is 12.4 Å². The molecule has 0 radical (unpaired) electrons. The van der Waals surface area contributed by atoms with E-state index in [1.807, 2.05) is 0 Å². The van der Waals surface area contributed by atoms with Gasteiger partial charge in [-0.1, -0.05) is 13.3 Å². The molecule has 0 aromatic heterocycles. The van der Waals surface area contributed by atoms with Crippen LogP contribution in [-0.2, 0) is 0 Å². The molecule has 1 aromatic carbocycles. The van der Waals surface area contributed by atoms with E-state index in [1.54, 1.807) is 12.1 Å². The Morgan fingerprint density at radius 1 is 1.41 bits per heavy atom. The van der Waals surface area contributed by atoms with Crippen molar-refractivity contribution in [1.29, 1.82) is 0 Å². The largest absolute Gasteiger partial charge is 0.493 e. The van der Waals surface area contributed by atoms with Gasteiger partial charge in [0.25, 0.3) is 5.69 Å². The fourth-order valence-corrected chi connectivity index (χ4v) is 1.80. The Balaban J connectivity index is 2.48. The van der Waals surface area contributed by atoms with E-state index in [0.29, 0.717) is 18.3 Å². The molecule has 0 heterocycles. The normalized spacial score (nSPS) is 12.1. The zero-order valence-electron chi connectivity index (χ0n) is 9.83. The van der Waals surface area contributed by atoms with Crippen LogP contribution in [0.15, 0.2) is 24.3 Å². The topological polar surface area (TPSA) is 52.4 Å². The average Bonchev–Trinajstić information content (AvgIpc) is 2.35. The van der Waals surface area contributed by atoms with Crippen molar-refractivity contribution < 1.29 is 9.66 Å². The zero-order chi connectivity index (χ0) is 12.7. The molecule has 0 saturated heterocycles. The quantitative estimate of drug-likeness (QED) is 0.462. The van der Waals surface area contributed by atoms with Crippen molar-refractivity contribution in [2.45, 2.75) is 19.8 Å². The minimum atomic E-state index is -0.419. The summed E-state index contributed by atoms with van der Waals surface area (Å²) < 4.78 is 5.57. The summed E-state index contributed by atoms with van der Waals surface area (Å²) in [5.41, 5.74) is 0.0802. The molecule has 1 aromatic rings. The lowest BCUT2D eigenvalue weighted by atomic mass is 10.1. The molecule has 0 N–H and O–H groups in total. The van der Waals surface area contributed by atoms with E-state index in [9.17, 15) is 10.1 Å². The van der Waals surface area contributed by atoms with Crippen molar-refractivity contribution in [1.82, 2.24) is 0 Å². The highest BCUT2D eigenvalue weighted by molar-refractivity contribution is 7.80. The highest BCUT2D eigenvalue weighted by Crippen LogP contribution is 2.18. The molecule has 0 amide bonds. The lowest BCUT2D eigenvalue weighted by Crippen LogP contribution is -2.13. The minimum absolute atomic E-state index is 0.0802. The van der Waals surface area contributed by atoms with Crippen LogP contribution < -0.4 is 4.74 Å². The predicted molar refractivity (Wildman–Crippen MR) is 70.8 cm³/mol. The SMILES string of the molecule is CCCC(CS)COc1ccc([N+](=O)[O-])cc1. The molecular weight excluding hydrogens is 238 g/mol. The van der Waals surface area contributed by atoms with E-state index < -0.39 is 4.92 Å². The van der Waals surface area contributed by atoms with Gasteiger partial charge in [-0.15, -0.1) is 0 Å². The first-order chi connectivity index (χ1) is 8.17. The van der Waals surface area contributed by atoms with Crippen LogP contribution in [0.1, 0.15) is 19.8 Å². The van der Waals surface area contributed by atoms with Crippen LogP contribution in [0.4, 0.5) is 5.69 Å². The molecular formula is C12H17NO3S. The number of thiol groups is 1. The second-order valence-electron chi connectivity index (χ2n) is 3.90. The number of benzene rings is 1. The summed E-state index contributed by atoms with van der Waals surface area (Å²) in [6.07, 6.45) is 2.19. The fourth-order valence-electron chi connectivity index (χ4n) is 1.51. The summed E-state index contributed by atoms with van der Waals surface area (Å²) >= 11 is 4.27. The second-order valence-corrected chi connectivity index (χ2v) is 4.26. The van der Waals surface area contributed by atoms with Crippen LogP contribution in [0.2, 0.25) is 0 Å². The van der Waals surface area contributed by atoms with Gasteiger partial charge in [0.1, 0.15) is 5.75 Å². The van der Waals surface area contributed by atoms with Crippen molar-refractivity contribution >= 4 is 18.3 Å². The Kier molecular flexibility index (Phi) is 5.83. The van der Waals surface area contributed by atoms with Crippen LogP contribution >= 0.6 is 12.6 Å². The number of non-ortho nitro benzene ring substituents is 1. The highest BCUT2D eigenvalue weighted by atomic mass is 32.1. The molecule has 4 nitrogen and oxygen atoms in total. The molecule has 17 heavy (non-hydrogen) atoms. The van der Waals surface area contributed by atoms with Gasteiger partial charge in [-0.3, -0.25) is 10.1 Å². The number of rotatable bonds is 7. The minimum Gasteiger partial charge on any atom is -0.493 e. The summed E-state index contributed by atoms with van der Waals surface area (Å²) in [5.74, 6) is 1.89. The maximum atomic E-state index is 10.5. The Labute approximate surface area is 107 Å². The van der Waals surface area contributed by atoms with Crippen LogP contribution in [0, 0.1) is 16.0 Å².